The normalized spacial score (nSPS) is 14.8. The largest absolute Gasteiger partial charge is 0.384 e. The summed E-state index contributed by atoms with van der Waals surface area (Å²) in [5.41, 5.74) is 0. The molecule has 0 spiro atoms. The zero-order valence-corrected chi connectivity index (χ0v) is 12.4. The average molecular weight is 243 g/mol. The van der Waals surface area contributed by atoms with Crippen molar-refractivity contribution < 1.29 is 4.74 Å². The summed E-state index contributed by atoms with van der Waals surface area (Å²) < 4.78 is 5.21. The van der Waals surface area contributed by atoms with E-state index in [1.165, 1.54) is 44.9 Å². The van der Waals surface area contributed by atoms with Crippen LogP contribution in [0.15, 0.2) is 0 Å². The van der Waals surface area contributed by atoms with Gasteiger partial charge in [0.1, 0.15) is 0 Å². The minimum absolute atomic E-state index is 0.666. The minimum Gasteiger partial charge on any atom is -0.384 e. The van der Waals surface area contributed by atoms with Crippen molar-refractivity contribution in [2.45, 2.75) is 71.8 Å². The van der Waals surface area contributed by atoms with Crippen LogP contribution in [0.25, 0.3) is 0 Å². The third-order valence-corrected chi connectivity index (χ3v) is 3.29. The van der Waals surface area contributed by atoms with Gasteiger partial charge in [0.15, 0.2) is 0 Å². The first-order chi connectivity index (χ1) is 8.24. The summed E-state index contributed by atoms with van der Waals surface area (Å²) in [6, 6.07) is 0.687. The third kappa shape index (κ3) is 10.8. The summed E-state index contributed by atoms with van der Waals surface area (Å²) in [6.45, 7) is 8.72. The molecule has 0 aromatic carbocycles. The van der Waals surface area contributed by atoms with Crippen molar-refractivity contribution in [2.24, 2.45) is 5.92 Å². The van der Waals surface area contributed by atoms with Gasteiger partial charge in [0, 0.05) is 19.8 Å². The van der Waals surface area contributed by atoms with E-state index in [1.807, 2.05) is 0 Å². The first kappa shape index (κ1) is 16.9. The lowest BCUT2D eigenvalue weighted by Gasteiger charge is -2.21. The Morgan fingerprint density at radius 3 is 2.35 bits per heavy atom. The molecular formula is C15H33NO. The second-order valence-corrected chi connectivity index (χ2v) is 5.25. The van der Waals surface area contributed by atoms with Crippen molar-refractivity contribution in [3.63, 3.8) is 0 Å². The second-order valence-electron chi connectivity index (χ2n) is 5.25. The molecule has 1 N–H and O–H groups in total. The average Bonchev–Trinajstić information content (AvgIpc) is 2.29. The van der Waals surface area contributed by atoms with Crippen molar-refractivity contribution in [1.82, 2.24) is 5.32 Å². The Hall–Kier alpha value is -0.0800. The number of nitrogens with one attached hydrogen (secondary N) is 1. The SMILES string of the molecule is CCCCCCCC(CC(C)COC)NCC. The van der Waals surface area contributed by atoms with Crippen LogP contribution in [0.3, 0.4) is 0 Å². The lowest BCUT2D eigenvalue weighted by molar-refractivity contribution is 0.148. The highest BCUT2D eigenvalue weighted by atomic mass is 16.5. The van der Waals surface area contributed by atoms with E-state index >= 15 is 0 Å². The fourth-order valence-corrected chi connectivity index (χ4v) is 2.42. The molecule has 0 fully saturated rings. The van der Waals surface area contributed by atoms with Crippen LogP contribution >= 0.6 is 0 Å². The Balaban J connectivity index is 3.65. The summed E-state index contributed by atoms with van der Waals surface area (Å²) in [5.74, 6) is 0.666. The maximum Gasteiger partial charge on any atom is 0.0488 e. The highest BCUT2D eigenvalue weighted by Crippen LogP contribution is 2.13. The summed E-state index contributed by atoms with van der Waals surface area (Å²) >= 11 is 0. The van der Waals surface area contributed by atoms with Crippen LogP contribution in [0.5, 0.6) is 0 Å². The molecule has 0 aliphatic rings. The van der Waals surface area contributed by atoms with Gasteiger partial charge in [-0.05, 0) is 25.3 Å². The maximum atomic E-state index is 5.21. The number of methoxy groups -OCH3 is 1. The molecule has 2 heteroatoms. The molecule has 0 bridgehead atoms. The second kappa shape index (κ2) is 12.4. The van der Waals surface area contributed by atoms with Gasteiger partial charge in [-0.25, -0.2) is 0 Å². The van der Waals surface area contributed by atoms with Crippen LogP contribution in [0.1, 0.15) is 65.7 Å². The molecule has 2 atom stereocenters. The van der Waals surface area contributed by atoms with Gasteiger partial charge in [0.2, 0.25) is 0 Å². The number of rotatable bonds is 12. The molecule has 0 aromatic heterocycles. The van der Waals surface area contributed by atoms with Crippen molar-refractivity contribution in [3.8, 4) is 0 Å². The Labute approximate surface area is 109 Å². The van der Waals surface area contributed by atoms with Gasteiger partial charge in [0.25, 0.3) is 0 Å². The van der Waals surface area contributed by atoms with Gasteiger partial charge in [-0.1, -0.05) is 52.9 Å². The van der Waals surface area contributed by atoms with Crippen LogP contribution in [0, 0.1) is 5.92 Å². The number of unbranched alkanes of at least 4 members (excludes halogenated alkanes) is 4. The molecule has 0 radical (unpaired) electrons. The first-order valence-electron chi connectivity index (χ1n) is 7.46. The van der Waals surface area contributed by atoms with Crippen LogP contribution in [0.4, 0.5) is 0 Å². The monoisotopic (exact) mass is 243 g/mol. The smallest absolute Gasteiger partial charge is 0.0488 e. The fraction of sp³-hybridized carbons (Fsp3) is 1.00. The van der Waals surface area contributed by atoms with E-state index in [2.05, 4.69) is 26.1 Å². The van der Waals surface area contributed by atoms with E-state index in [9.17, 15) is 0 Å². The van der Waals surface area contributed by atoms with Crippen LogP contribution in [-0.4, -0.2) is 26.3 Å². The summed E-state index contributed by atoms with van der Waals surface area (Å²) in [7, 11) is 1.80. The summed E-state index contributed by atoms with van der Waals surface area (Å²) in [5, 5.41) is 3.61. The highest BCUT2D eigenvalue weighted by molar-refractivity contribution is 4.69. The summed E-state index contributed by atoms with van der Waals surface area (Å²) in [4.78, 5) is 0. The van der Waals surface area contributed by atoms with Crippen LogP contribution in [-0.2, 0) is 4.74 Å². The molecule has 0 amide bonds. The van der Waals surface area contributed by atoms with Crippen molar-refractivity contribution in [3.05, 3.63) is 0 Å². The van der Waals surface area contributed by atoms with Gasteiger partial charge in [-0.15, -0.1) is 0 Å². The molecule has 0 heterocycles. The van der Waals surface area contributed by atoms with Crippen LogP contribution < -0.4 is 5.32 Å². The van der Waals surface area contributed by atoms with Crippen LogP contribution in [0.2, 0.25) is 0 Å². The molecule has 2 nitrogen and oxygen atoms in total. The third-order valence-electron chi connectivity index (χ3n) is 3.29. The van der Waals surface area contributed by atoms with Gasteiger partial charge >= 0.3 is 0 Å². The lowest BCUT2D eigenvalue weighted by atomic mass is 9.97. The predicted octanol–water partition coefficient (Wildman–Crippen LogP) is 4.00. The van der Waals surface area contributed by atoms with Crippen molar-refractivity contribution in [2.75, 3.05) is 20.3 Å². The lowest BCUT2D eigenvalue weighted by Crippen LogP contribution is -2.31. The predicted molar refractivity (Wildman–Crippen MR) is 76.5 cm³/mol. The quantitative estimate of drug-likeness (QED) is 0.523. The topological polar surface area (TPSA) is 21.3 Å². The molecule has 0 rings (SSSR count). The van der Waals surface area contributed by atoms with E-state index < -0.39 is 0 Å². The molecular weight excluding hydrogens is 210 g/mol. The molecule has 17 heavy (non-hydrogen) atoms. The molecule has 2 unspecified atom stereocenters. The van der Waals surface area contributed by atoms with Crippen molar-refractivity contribution in [1.29, 1.82) is 0 Å². The van der Waals surface area contributed by atoms with E-state index in [0.29, 0.717) is 12.0 Å². The Bertz CT molecular complexity index is 150. The number of ether oxygens (including phenoxy) is 1. The standard InChI is InChI=1S/C15H33NO/c1-5-7-8-9-10-11-15(16-6-2)12-14(3)13-17-4/h14-16H,5-13H2,1-4H3. The van der Waals surface area contributed by atoms with E-state index in [-0.39, 0.29) is 0 Å². The van der Waals surface area contributed by atoms with E-state index in [1.54, 1.807) is 7.11 Å². The Morgan fingerprint density at radius 2 is 1.76 bits per heavy atom. The van der Waals surface area contributed by atoms with E-state index in [4.69, 9.17) is 4.74 Å². The first-order valence-corrected chi connectivity index (χ1v) is 7.46. The Kier molecular flexibility index (Phi) is 12.3. The Morgan fingerprint density at radius 1 is 1.06 bits per heavy atom. The zero-order chi connectivity index (χ0) is 12.9. The van der Waals surface area contributed by atoms with E-state index in [0.717, 1.165) is 13.2 Å². The molecule has 0 aliphatic heterocycles. The van der Waals surface area contributed by atoms with Gasteiger partial charge in [-0.3, -0.25) is 0 Å². The van der Waals surface area contributed by atoms with Gasteiger partial charge < -0.3 is 10.1 Å². The maximum absolute atomic E-state index is 5.21. The van der Waals surface area contributed by atoms with Gasteiger partial charge in [0.05, 0.1) is 0 Å². The molecule has 0 aliphatic carbocycles. The fourth-order valence-electron chi connectivity index (χ4n) is 2.42. The molecule has 0 saturated carbocycles. The minimum atomic E-state index is 0.666. The number of hydrogen-bond acceptors (Lipinski definition) is 2. The molecule has 0 saturated heterocycles. The zero-order valence-electron chi connectivity index (χ0n) is 12.4. The summed E-state index contributed by atoms with van der Waals surface area (Å²) in [6.07, 6.45) is 9.48. The van der Waals surface area contributed by atoms with Crippen molar-refractivity contribution >= 4 is 0 Å². The van der Waals surface area contributed by atoms with Gasteiger partial charge in [-0.2, -0.15) is 0 Å². The molecule has 0 aromatic rings. The number of hydrogen-bond donors (Lipinski definition) is 1. The highest BCUT2D eigenvalue weighted by Gasteiger charge is 2.11. The molecule has 104 valence electrons.